The van der Waals surface area contributed by atoms with E-state index >= 15 is 0 Å². The first-order chi connectivity index (χ1) is 6.27. The maximum Gasteiger partial charge on any atom is 0.301 e. The molecule has 0 bridgehead atoms. The van der Waals surface area contributed by atoms with E-state index in [0.29, 0.717) is 11.2 Å². The van der Waals surface area contributed by atoms with Crippen LogP contribution in [0.1, 0.15) is 0 Å². The van der Waals surface area contributed by atoms with E-state index in [1.807, 2.05) is 0 Å². The molecule has 0 spiro atoms. The number of nitrogens with zero attached hydrogens (tertiary/aromatic N) is 4. The van der Waals surface area contributed by atoms with Crippen molar-refractivity contribution in [2.45, 2.75) is 0 Å². The summed E-state index contributed by atoms with van der Waals surface area (Å²) in [6.07, 6.45) is 2.49. The molecule has 0 amide bonds. The quantitative estimate of drug-likeness (QED) is 0.513. The Hall–Kier alpha value is -2.25. The second-order valence-electron chi connectivity index (χ2n) is 2.09. The van der Waals surface area contributed by atoms with Crippen LogP contribution in [0.4, 0.5) is 0 Å². The zero-order chi connectivity index (χ0) is 9.26. The van der Waals surface area contributed by atoms with Crippen molar-refractivity contribution in [3.63, 3.8) is 0 Å². The number of imidazole rings is 1. The predicted octanol–water partition coefficient (Wildman–Crippen LogP) is -0.0766. The van der Waals surface area contributed by atoms with E-state index in [0.717, 1.165) is 6.33 Å². The Morgan fingerprint density at radius 2 is 2.31 bits per heavy atom. The summed E-state index contributed by atoms with van der Waals surface area (Å²) in [6.45, 7) is 0. The van der Waals surface area contributed by atoms with Crippen LogP contribution in [0.5, 0.6) is 5.88 Å². The average Bonchev–Trinajstić information content (AvgIpc) is 2.51. The van der Waals surface area contributed by atoms with Gasteiger partial charge >= 0.3 is 5.09 Å². The number of hydrogen-bond acceptors (Lipinski definition) is 6. The van der Waals surface area contributed by atoms with Crippen LogP contribution in [0.25, 0.3) is 11.2 Å². The molecule has 0 aliphatic heterocycles. The lowest BCUT2D eigenvalue weighted by atomic mass is 10.5. The Kier molecular flexibility index (Phi) is 1.51. The minimum atomic E-state index is -0.942. The van der Waals surface area contributed by atoms with Crippen molar-refractivity contribution in [1.29, 1.82) is 0 Å². The summed E-state index contributed by atoms with van der Waals surface area (Å²) >= 11 is 0. The van der Waals surface area contributed by atoms with Gasteiger partial charge in [-0.3, -0.25) is 4.84 Å². The molecule has 0 aromatic carbocycles. The van der Waals surface area contributed by atoms with Crippen LogP contribution in [0, 0.1) is 10.1 Å². The summed E-state index contributed by atoms with van der Waals surface area (Å²) < 4.78 is 0. The van der Waals surface area contributed by atoms with Gasteiger partial charge in [-0.1, -0.05) is 0 Å². The van der Waals surface area contributed by atoms with Gasteiger partial charge in [-0.05, 0) is 0 Å². The first-order valence-electron chi connectivity index (χ1n) is 3.24. The van der Waals surface area contributed by atoms with Crippen molar-refractivity contribution in [1.82, 2.24) is 19.9 Å². The Morgan fingerprint density at radius 3 is 3.08 bits per heavy atom. The molecule has 1 N–H and O–H groups in total. The molecule has 8 heteroatoms. The lowest BCUT2D eigenvalue weighted by Gasteiger charge is -1.95. The van der Waals surface area contributed by atoms with Gasteiger partial charge < -0.3 is 4.98 Å². The van der Waals surface area contributed by atoms with E-state index in [2.05, 4.69) is 24.8 Å². The third-order valence-electron chi connectivity index (χ3n) is 1.35. The van der Waals surface area contributed by atoms with Crippen molar-refractivity contribution in [3.05, 3.63) is 22.8 Å². The van der Waals surface area contributed by atoms with Crippen LogP contribution >= 0.6 is 0 Å². The normalized spacial score (nSPS) is 10.2. The largest absolute Gasteiger partial charge is 0.340 e. The molecule has 0 aliphatic rings. The SMILES string of the molecule is O=[N+]([O-])Oc1ncnc2nc[nH]c12. The van der Waals surface area contributed by atoms with Gasteiger partial charge in [0.1, 0.15) is 11.8 Å². The summed E-state index contributed by atoms with van der Waals surface area (Å²) in [6, 6.07) is 0. The van der Waals surface area contributed by atoms with Gasteiger partial charge in [-0.25, -0.2) is 15.0 Å². The summed E-state index contributed by atoms with van der Waals surface area (Å²) in [5.74, 6) is -0.146. The number of H-pyrrole nitrogens is 1. The molecule has 66 valence electrons. The van der Waals surface area contributed by atoms with Crippen molar-refractivity contribution in [2.75, 3.05) is 0 Å². The fourth-order valence-corrected chi connectivity index (χ4v) is 0.883. The third-order valence-corrected chi connectivity index (χ3v) is 1.35. The van der Waals surface area contributed by atoms with E-state index in [1.165, 1.54) is 6.33 Å². The first kappa shape index (κ1) is 7.40. The Labute approximate surface area is 70.7 Å². The highest BCUT2D eigenvalue weighted by Gasteiger charge is 2.08. The molecule has 2 rings (SSSR count). The highest BCUT2D eigenvalue weighted by molar-refractivity contribution is 5.74. The van der Waals surface area contributed by atoms with Crippen LogP contribution in [0.3, 0.4) is 0 Å². The second kappa shape index (κ2) is 2.66. The molecule has 2 heterocycles. The van der Waals surface area contributed by atoms with Crippen LogP contribution in [-0.4, -0.2) is 25.0 Å². The van der Waals surface area contributed by atoms with Crippen molar-refractivity contribution in [3.8, 4) is 5.88 Å². The van der Waals surface area contributed by atoms with Gasteiger partial charge in [0, 0.05) is 0 Å². The fraction of sp³-hybridized carbons (Fsp3) is 0. The molecule has 0 fully saturated rings. The summed E-state index contributed by atoms with van der Waals surface area (Å²) in [5.41, 5.74) is 0.631. The van der Waals surface area contributed by atoms with Crippen LogP contribution in [-0.2, 0) is 0 Å². The Morgan fingerprint density at radius 1 is 1.46 bits per heavy atom. The predicted molar refractivity (Wildman–Crippen MR) is 39.3 cm³/mol. The smallest absolute Gasteiger partial charge is 0.301 e. The number of nitrogens with one attached hydrogen (secondary N) is 1. The van der Waals surface area contributed by atoms with E-state index in [-0.39, 0.29) is 5.88 Å². The summed E-state index contributed by atoms with van der Waals surface area (Å²) in [7, 11) is 0. The number of fused-ring (bicyclic) bond motifs is 1. The number of aromatic amines is 1. The molecule has 0 saturated heterocycles. The lowest BCUT2D eigenvalue weighted by Crippen LogP contribution is -2.05. The fourth-order valence-electron chi connectivity index (χ4n) is 0.883. The number of rotatable bonds is 2. The Balaban J connectivity index is 2.54. The lowest BCUT2D eigenvalue weighted by molar-refractivity contribution is -0.711. The minimum Gasteiger partial charge on any atom is -0.340 e. The second-order valence-corrected chi connectivity index (χ2v) is 2.09. The van der Waals surface area contributed by atoms with Gasteiger partial charge in [-0.2, -0.15) is 0 Å². The van der Waals surface area contributed by atoms with Crippen molar-refractivity contribution >= 4 is 11.2 Å². The van der Waals surface area contributed by atoms with E-state index in [9.17, 15) is 10.1 Å². The van der Waals surface area contributed by atoms with Gasteiger partial charge in [0.25, 0.3) is 0 Å². The molecule has 2 aromatic rings. The third kappa shape index (κ3) is 1.24. The minimum absolute atomic E-state index is 0.146. The molecule has 0 atom stereocenters. The monoisotopic (exact) mass is 181 g/mol. The summed E-state index contributed by atoms with van der Waals surface area (Å²) in [5, 5.41) is 9.08. The van der Waals surface area contributed by atoms with Gasteiger partial charge in [-0.15, -0.1) is 10.1 Å². The molecule has 0 aliphatic carbocycles. The first-order valence-corrected chi connectivity index (χ1v) is 3.24. The molecule has 13 heavy (non-hydrogen) atoms. The highest BCUT2D eigenvalue weighted by atomic mass is 17.0. The van der Waals surface area contributed by atoms with Gasteiger partial charge in [0.05, 0.1) is 6.33 Å². The Bertz CT molecular complexity index is 452. The zero-order valence-electron chi connectivity index (χ0n) is 6.17. The van der Waals surface area contributed by atoms with Gasteiger partial charge in [0.2, 0.25) is 5.88 Å². The average molecular weight is 181 g/mol. The van der Waals surface area contributed by atoms with Crippen LogP contribution in [0.15, 0.2) is 12.7 Å². The van der Waals surface area contributed by atoms with E-state index in [1.54, 1.807) is 0 Å². The molecular formula is C5H3N5O3. The van der Waals surface area contributed by atoms with Crippen molar-refractivity contribution in [2.24, 2.45) is 0 Å². The van der Waals surface area contributed by atoms with E-state index < -0.39 is 5.09 Å². The standard InChI is InChI=1S/C5H3N5O3/c11-10(12)13-5-3-4(7-1-6-3)8-2-9-5/h1-2H,(H,6,7,8,9). The number of aromatic nitrogens is 4. The molecular weight excluding hydrogens is 178 g/mol. The molecule has 2 aromatic heterocycles. The molecule has 8 nitrogen and oxygen atoms in total. The van der Waals surface area contributed by atoms with Crippen LogP contribution < -0.4 is 4.84 Å². The van der Waals surface area contributed by atoms with Crippen molar-refractivity contribution < 1.29 is 9.92 Å². The van der Waals surface area contributed by atoms with E-state index in [4.69, 9.17) is 0 Å². The summed E-state index contributed by atoms with van der Waals surface area (Å²) in [4.78, 5) is 27.9. The molecule has 0 radical (unpaired) electrons. The van der Waals surface area contributed by atoms with Crippen LogP contribution in [0.2, 0.25) is 0 Å². The highest BCUT2D eigenvalue weighted by Crippen LogP contribution is 2.16. The zero-order valence-corrected chi connectivity index (χ0v) is 6.17. The maximum atomic E-state index is 10.0. The maximum absolute atomic E-state index is 10.0. The van der Waals surface area contributed by atoms with Gasteiger partial charge in [0.15, 0.2) is 5.65 Å². The number of hydrogen-bond donors (Lipinski definition) is 1. The molecule has 0 saturated carbocycles. The molecule has 0 unspecified atom stereocenters. The topological polar surface area (TPSA) is 107 Å².